The first-order valence-corrected chi connectivity index (χ1v) is 7.12. The molecule has 0 aromatic rings. The van der Waals surface area contributed by atoms with E-state index in [9.17, 15) is 4.79 Å². The topological polar surface area (TPSA) is 58.6 Å². The molecule has 1 rings (SSSR count). The zero-order valence-corrected chi connectivity index (χ0v) is 11.8. The molecule has 0 heterocycles. The van der Waals surface area contributed by atoms with Crippen molar-refractivity contribution in [3.8, 4) is 0 Å². The fraction of sp³-hybridized carbons (Fsp3) is 0.929. The summed E-state index contributed by atoms with van der Waals surface area (Å²) in [5.41, 5.74) is 0. The minimum Gasteiger partial charge on any atom is -0.466 e. The summed E-state index contributed by atoms with van der Waals surface area (Å²) in [7, 11) is 0. The van der Waals surface area contributed by atoms with Crippen molar-refractivity contribution < 1.29 is 14.6 Å². The molecule has 0 radical (unpaired) electrons. The second-order valence-corrected chi connectivity index (χ2v) is 5.42. The van der Waals surface area contributed by atoms with Crippen LogP contribution in [0.3, 0.4) is 0 Å². The first-order valence-electron chi connectivity index (χ1n) is 7.12. The van der Waals surface area contributed by atoms with Crippen LogP contribution in [0.4, 0.5) is 0 Å². The molecule has 2 unspecified atom stereocenters. The lowest BCUT2D eigenvalue weighted by molar-refractivity contribution is -0.149. The van der Waals surface area contributed by atoms with Crippen LogP contribution >= 0.6 is 0 Å². The lowest BCUT2D eigenvalue weighted by Crippen LogP contribution is -2.43. The molecule has 2 N–H and O–H groups in total. The summed E-state index contributed by atoms with van der Waals surface area (Å²) < 4.78 is 5.06. The molecule has 1 aliphatic carbocycles. The summed E-state index contributed by atoms with van der Waals surface area (Å²) in [5, 5.41) is 12.7. The first-order chi connectivity index (χ1) is 8.58. The molecule has 1 aliphatic rings. The number of nitrogens with one attached hydrogen (secondary N) is 1. The number of esters is 1. The summed E-state index contributed by atoms with van der Waals surface area (Å²) in [6, 6.07) is 0.791. The Labute approximate surface area is 110 Å². The number of hydrogen-bond acceptors (Lipinski definition) is 4. The summed E-state index contributed by atoms with van der Waals surface area (Å²) >= 11 is 0. The molecular formula is C14H27NO3. The monoisotopic (exact) mass is 257 g/mol. The van der Waals surface area contributed by atoms with E-state index in [-0.39, 0.29) is 24.4 Å². The highest BCUT2D eigenvalue weighted by atomic mass is 16.5. The van der Waals surface area contributed by atoms with Gasteiger partial charge in [0.2, 0.25) is 0 Å². The van der Waals surface area contributed by atoms with Crippen molar-refractivity contribution in [3.63, 3.8) is 0 Å². The van der Waals surface area contributed by atoms with E-state index < -0.39 is 0 Å². The lowest BCUT2D eigenvalue weighted by Gasteiger charge is -2.31. The van der Waals surface area contributed by atoms with Gasteiger partial charge in [-0.1, -0.05) is 6.92 Å². The van der Waals surface area contributed by atoms with Gasteiger partial charge in [0, 0.05) is 18.7 Å². The highest BCUT2D eigenvalue weighted by Crippen LogP contribution is 2.26. The van der Waals surface area contributed by atoms with E-state index in [4.69, 9.17) is 9.84 Å². The quantitative estimate of drug-likeness (QED) is 0.711. The van der Waals surface area contributed by atoms with Crippen molar-refractivity contribution >= 4 is 5.97 Å². The maximum atomic E-state index is 11.6. The Morgan fingerprint density at radius 2 is 1.94 bits per heavy atom. The molecule has 4 heteroatoms. The third-order valence-corrected chi connectivity index (χ3v) is 3.99. The van der Waals surface area contributed by atoms with Crippen LogP contribution in [0.1, 0.15) is 46.5 Å². The van der Waals surface area contributed by atoms with Crippen LogP contribution < -0.4 is 5.32 Å². The van der Waals surface area contributed by atoms with Crippen LogP contribution in [0.15, 0.2) is 0 Å². The van der Waals surface area contributed by atoms with Gasteiger partial charge in [0.1, 0.15) is 0 Å². The molecule has 0 saturated heterocycles. The molecule has 106 valence electrons. The number of ether oxygens (including phenoxy) is 1. The Morgan fingerprint density at radius 1 is 1.33 bits per heavy atom. The van der Waals surface area contributed by atoms with E-state index in [2.05, 4.69) is 12.2 Å². The zero-order valence-electron chi connectivity index (χ0n) is 11.8. The second-order valence-electron chi connectivity index (χ2n) is 5.42. The van der Waals surface area contributed by atoms with Crippen LogP contribution in [0.2, 0.25) is 0 Å². The molecule has 0 amide bonds. The minimum absolute atomic E-state index is 0.0345. The Hall–Kier alpha value is -0.610. The Kier molecular flexibility index (Phi) is 6.65. The molecular weight excluding hydrogens is 230 g/mol. The Balaban J connectivity index is 2.29. The van der Waals surface area contributed by atoms with E-state index >= 15 is 0 Å². The van der Waals surface area contributed by atoms with Gasteiger partial charge < -0.3 is 15.2 Å². The number of rotatable bonds is 6. The molecule has 18 heavy (non-hydrogen) atoms. The number of hydrogen-bond donors (Lipinski definition) is 2. The molecule has 2 atom stereocenters. The normalized spacial score (nSPS) is 27.6. The summed E-state index contributed by atoms with van der Waals surface area (Å²) in [5.74, 6) is 0.328. The number of carbonyl (C=O) groups excluding carboxylic acids is 1. The molecule has 0 bridgehead atoms. The van der Waals surface area contributed by atoms with Gasteiger partial charge >= 0.3 is 5.97 Å². The van der Waals surface area contributed by atoms with Crippen molar-refractivity contribution in [2.75, 3.05) is 13.2 Å². The summed E-state index contributed by atoms with van der Waals surface area (Å²) in [6.07, 6.45) is 3.87. The predicted octanol–water partition coefficient (Wildman–Crippen LogP) is 1.71. The number of carbonyl (C=O) groups is 1. The molecule has 4 nitrogen and oxygen atoms in total. The highest BCUT2D eigenvalue weighted by molar-refractivity contribution is 5.72. The van der Waals surface area contributed by atoms with Crippen molar-refractivity contribution in [2.24, 2.45) is 11.8 Å². The molecule has 0 aromatic heterocycles. The number of aliphatic hydroxyl groups excluding tert-OH is 1. The molecule has 0 spiro atoms. The largest absolute Gasteiger partial charge is 0.466 e. The smallest absolute Gasteiger partial charge is 0.308 e. The van der Waals surface area contributed by atoms with Crippen LogP contribution in [-0.4, -0.2) is 36.4 Å². The fourth-order valence-electron chi connectivity index (χ4n) is 2.45. The van der Waals surface area contributed by atoms with Gasteiger partial charge in [-0.05, 0) is 45.4 Å². The average Bonchev–Trinajstić information content (AvgIpc) is 2.38. The molecule has 1 saturated carbocycles. The predicted molar refractivity (Wildman–Crippen MR) is 71.2 cm³/mol. The van der Waals surface area contributed by atoms with Crippen LogP contribution in [0, 0.1) is 11.8 Å². The van der Waals surface area contributed by atoms with E-state index in [1.54, 1.807) is 0 Å². The fourth-order valence-corrected chi connectivity index (χ4v) is 2.45. The van der Waals surface area contributed by atoms with E-state index in [0.717, 1.165) is 25.7 Å². The maximum Gasteiger partial charge on any atom is 0.308 e. The van der Waals surface area contributed by atoms with Gasteiger partial charge in [-0.2, -0.15) is 0 Å². The Bertz CT molecular complexity index is 249. The lowest BCUT2D eigenvalue weighted by atomic mass is 9.85. The SMILES string of the molecule is CCOC(=O)C1CCC(NC(C)C(C)CO)CC1. The van der Waals surface area contributed by atoms with Gasteiger partial charge in [0.15, 0.2) is 0 Å². The van der Waals surface area contributed by atoms with Crippen molar-refractivity contribution in [1.82, 2.24) is 5.32 Å². The van der Waals surface area contributed by atoms with Gasteiger partial charge in [0.05, 0.1) is 12.5 Å². The zero-order chi connectivity index (χ0) is 13.5. The standard InChI is InChI=1S/C14H27NO3/c1-4-18-14(17)12-5-7-13(8-6-12)15-11(3)10(2)9-16/h10-13,15-16H,4-9H2,1-3H3. The van der Waals surface area contributed by atoms with Crippen molar-refractivity contribution in [1.29, 1.82) is 0 Å². The van der Waals surface area contributed by atoms with Gasteiger partial charge in [-0.15, -0.1) is 0 Å². The van der Waals surface area contributed by atoms with Crippen LogP contribution in [0.25, 0.3) is 0 Å². The first kappa shape index (κ1) is 15.4. The Morgan fingerprint density at radius 3 is 2.44 bits per heavy atom. The van der Waals surface area contributed by atoms with Gasteiger partial charge in [0.25, 0.3) is 0 Å². The highest BCUT2D eigenvalue weighted by Gasteiger charge is 2.28. The van der Waals surface area contributed by atoms with Gasteiger partial charge in [-0.3, -0.25) is 4.79 Å². The van der Waals surface area contributed by atoms with E-state index in [1.807, 2.05) is 13.8 Å². The number of aliphatic hydroxyl groups is 1. The minimum atomic E-state index is -0.0345. The van der Waals surface area contributed by atoms with Gasteiger partial charge in [-0.25, -0.2) is 0 Å². The molecule has 0 aromatic carbocycles. The summed E-state index contributed by atoms with van der Waals surface area (Å²) in [6.45, 7) is 6.69. The van der Waals surface area contributed by atoms with Crippen LogP contribution in [-0.2, 0) is 9.53 Å². The molecule has 0 aliphatic heterocycles. The third-order valence-electron chi connectivity index (χ3n) is 3.99. The van der Waals surface area contributed by atoms with Crippen molar-refractivity contribution in [3.05, 3.63) is 0 Å². The van der Waals surface area contributed by atoms with E-state index in [0.29, 0.717) is 18.7 Å². The van der Waals surface area contributed by atoms with Crippen LogP contribution in [0.5, 0.6) is 0 Å². The van der Waals surface area contributed by atoms with E-state index in [1.165, 1.54) is 0 Å². The average molecular weight is 257 g/mol. The van der Waals surface area contributed by atoms with Crippen molar-refractivity contribution in [2.45, 2.75) is 58.5 Å². The second kappa shape index (κ2) is 7.74. The molecule has 1 fully saturated rings. The summed E-state index contributed by atoms with van der Waals surface area (Å²) in [4.78, 5) is 11.6. The third kappa shape index (κ3) is 4.58. The maximum absolute atomic E-state index is 11.6.